The first-order valence-corrected chi connectivity index (χ1v) is 13.3. The molecule has 32 heavy (non-hydrogen) atoms. The lowest BCUT2D eigenvalue weighted by Gasteiger charge is -2.44. The summed E-state index contributed by atoms with van der Waals surface area (Å²) >= 11 is 1.91. The lowest BCUT2D eigenvalue weighted by atomic mass is 9.85. The summed E-state index contributed by atoms with van der Waals surface area (Å²) in [5.74, 6) is 2.87. The van der Waals surface area contributed by atoms with Crippen LogP contribution in [0, 0.1) is 5.92 Å². The molecule has 2 amide bonds. The molecule has 2 aromatic rings. The summed E-state index contributed by atoms with van der Waals surface area (Å²) in [6.45, 7) is 7.35. The quantitative estimate of drug-likeness (QED) is 0.595. The van der Waals surface area contributed by atoms with Crippen LogP contribution in [0.15, 0.2) is 24.3 Å². The molecule has 4 rings (SSSR count). The first-order valence-electron chi connectivity index (χ1n) is 12.1. The number of thioether (sulfide) groups is 1. The number of benzene rings is 1. The van der Waals surface area contributed by atoms with Gasteiger partial charge in [-0.1, -0.05) is 38.8 Å². The number of para-hydroxylation sites is 2. The van der Waals surface area contributed by atoms with Crippen LogP contribution in [0.1, 0.15) is 69.9 Å². The highest BCUT2D eigenvalue weighted by molar-refractivity contribution is 7.99. The molecule has 1 fully saturated rings. The van der Waals surface area contributed by atoms with E-state index < -0.39 is 5.54 Å². The van der Waals surface area contributed by atoms with Crippen LogP contribution < -0.4 is 5.32 Å². The Kier molecular flexibility index (Phi) is 7.13. The van der Waals surface area contributed by atoms with Gasteiger partial charge in [0, 0.05) is 12.6 Å². The number of nitrogens with one attached hydrogen (secondary N) is 1. The molecule has 1 saturated carbocycles. The van der Waals surface area contributed by atoms with Crippen molar-refractivity contribution in [2.24, 2.45) is 5.92 Å². The molecule has 2 aliphatic rings. The van der Waals surface area contributed by atoms with E-state index >= 15 is 0 Å². The van der Waals surface area contributed by atoms with E-state index in [9.17, 15) is 9.59 Å². The average Bonchev–Trinajstić information content (AvgIpc) is 3.15. The van der Waals surface area contributed by atoms with Crippen molar-refractivity contribution in [3.8, 4) is 0 Å². The Morgan fingerprint density at radius 2 is 2.03 bits per heavy atom. The summed E-state index contributed by atoms with van der Waals surface area (Å²) in [6.07, 6.45) is 6.57. The molecule has 3 atom stereocenters. The van der Waals surface area contributed by atoms with Crippen molar-refractivity contribution in [1.29, 1.82) is 0 Å². The van der Waals surface area contributed by atoms with Gasteiger partial charge < -0.3 is 14.8 Å². The smallest absolute Gasteiger partial charge is 0.290 e. The molecule has 0 radical (unpaired) electrons. The molecule has 2 heterocycles. The van der Waals surface area contributed by atoms with Gasteiger partial charge in [-0.2, -0.15) is 11.8 Å². The van der Waals surface area contributed by atoms with Gasteiger partial charge in [0.15, 0.2) is 5.82 Å². The zero-order valence-electron chi connectivity index (χ0n) is 19.6. The second-order valence-electron chi connectivity index (χ2n) is 9.55. The highest BCUT2D eigenvalue weighted by Crippen LogP contribution is 2.32. The Hall–Kier alpha value is -2.02. The van der Waals surface area contributed by atoms with Gasteiger partial charge in [0.1, 0.15) is 5.54 Å². The Morgan fingerprint density at radius 1 is 1.25 bits per heavy atom. The van der Waals surface area contributed by atoms with Gasteiger partial charge in [0.2, 0.25) is 5.91 Å². The molecule has 0 spiro atoms. The van der Waals surface area contributed by atoms with Crippen LogP contribution in [0.2, 0.25) is 0 Å². The Morgan fingerprint density at radius 3 is 2.81 bits per heavy atom. The minimum Gasteiger partial charge on any atom is -0.351 e. The maximum Gasteiger partial charge on any atom is 0.290 e. The van der Waals surface area contributed by atoms with Gasteiger partial charge >= 0.3 is 0 Å². The largest absolute Gasteiger partial charge is 0.351 e. The number of amides is 2. The van der Waals surface area contributed by atoms with Crippen LogP contribution in [-0.2, 0) is 11.3 Å². The van der Waals surface area contributed by atoms with Crippen LogP contribution in [-0.4, -0.2) is 55.9 Å². The van der Waals surface area contributed by atoms with Gasteiger partial charge in [0.05, 0.1) is 17.6 Å². The molecule has 1 aromatic carbocycles. The van der Waals surface area contributed by atoms with Crippen molar-refractivity contribution in [3.63, 3.8) is 0 Å². The lowest BCUT2D eigenvalue weighted by Crippen LogP contribution is -2.65. The maximum atomic E-state index is 13.7. The Balaban J connectivity index is 1.62. The minimum absolute atomic E-state index is 0.0331. The summed E-state index contributed by atoms with van der Waals surface area (Å²) in [7, 11) is 0. The molecular weight excluding hydrogens is 420 g/mol. The van der Waals surface area contributed by atoms with Crippen LogP contribution in [0.25, 0.3) is 11.0 Å². The molecule has 174 valence electrons. The standard InChI is InChI=1S/C25H36N4O2S/c1-4-15-32-16-9-14-29-23(30)22-26-20-12-7-8-13-21(20)28(22)17-25(29,3)24(31)27-19-11-6-5-10-18(19)2/h7-8,12-13,18-19H,4-6,9-11,14-17H2,1-3H3,(H,27,31)/t18-,19+,25+/m0/s1. The zero-order valence-corrected chi connectivity index (χ0v) is 20.4. The molecular formula is C25H36N4O2S. The van der Waals surface area contributed by atoms with Crippen LogP contribution in [0.3, 0.4) is 0 Å². The van der Waals surface area contributed by atoms with Crippen molar-refractivity contribution in [1.82, 2.24) is 19.8 Å². The summed E-state index contributed by atoms with van der Waals surface area (Å²) in [4.78, 5) is 33.8. The van der Waals surface area contributed by atoms with Crippen LogP contribution in [0.4, 0.5) is 0 Å². The second-order valence-corrected chi connectivity index (χ2v) is 10.8. The van der Waals surface area contributed by atoms with E-state index in [1.807, 2.05) is 47.5 Å². The van der Waals surface area contributed by atoms with Crippen LogP contribution in [0.5, 0.6) is 0 Å². The van der Waals surface area contributed by atoms with E-state index in [0.29, 0.717) is 24.8 Å². The van der Waals surface area contributed by atoms with E-state index in [-0.39, 0.29) is 17.9 Å². The van der Waals surface area contributed by atoms with E-state index in [4.69, 9.17) is 0 Å². The molecule has 1 N–H and O–H groups in total. The molecule has 1 aliphatic heterocycles. The number of carbonyl (C=O) groups is 2. The molecule has 1 aliphatic carbocycles. The molecule has 1 aromatic heterocycles. The maximum absolute atomic E-state index is 13.7. The fourth-order valence-corrected chi connectivity index (χ4v) is 5.93. The highest BCUT2D eigenvalue weighted by Gasteiger charge is 2.48. The first-order chi connectivity index (χ1) is 15.5. The summed E-state index contributed by atoms with van der Waals surface area (Å²) in [5, 5.41) is 3.34. The van der Waals surface area contributed by atoms with Crippen molar-refractivity contribution in [3.05, 3.63) is 30.1 Å². The van der Waals surface area contributed by atoms with Gasteiger partial charge in [-0.3, -0.25) is 9.59 Å². The average molecular weight is 457 g/mol. The normalized spacial score (nSPS) is 25.7. The van der Waals surface area contributed by atoms with E-state index in [2.05, 4.69) is 24.1 Å². The van der Waals surface area contributed by atoms with Crippen molar-refractivity contribution >= 4 is 34.6 Å². The number of hydrogen-bond acceptors (Lipinski definition) is 4. The fourth-order valence-electron chi connectivity index (χ4n) is 5.11. The van der Waals surface area contributed by atoms with Gasteiger partial charge in [-0.05, 0) is 62.2 Å². The summed E-state index contributed by atoms with van der Waals surface area (Å²) in [5.41, 5.74) is 0.791. The number of imidazole rings is 1. The Bertz CT molecular complexity index is 974. The molecule has 6 nitrogen and oxygen atoms in total. The van der Waals surface area contributed by atoms with Crippen molar-refractivity contribution in [2.75, 3.05) is 18.1 Å². The number of nitrogens with zero attached hydrogens (tertiary/aromatic N) is 3. The van der Waals surface area contributed by atoms with Crippen LogP contribution >= 0.6 is 11.8 Å². The van der Waals surface area contributed by atoms with E-state index in [1.54, 1.807) is 4.90 Å². The zero-order chi connectivity index (χ0) is 22.7. The van der Waals surface area contributed by atoms with Crippen molar-refractivity contribution < 1.29 is 9.59 Å². The molecule has 7 heteroatoms. The van der Waals surface area contributed by atoms with Gasteiger partial charge in [0.25, 0.3) is 5.91 Å². The number of rotatable bonds is 8. The van der Waals surface area contributed by atoms with E-state index in [0.717, 1.165) is 54.6 Å². The van der Waals surface area contributed by atoms with Crippen molar-refractivity contribution in [2.45, 2.75) is 77.4 Å². The number of carbonyl (C=O) groups excluding carboxylic acids is 2. The number of fused-ring (bicyclic) bond motifs is 3. The third-order valence-electron chi connectivity index (χ3n) is 7.09. The SMILES string of the molecule is CCCSCCCN1C(=O)c2nc3ccccc3n2C[C@]1(C)C(=O)N[C@@H]1CCCC[C@@H]1C. The fraction of sp³-hybridized carbons (Fsp3) is 0.640. The highest BCUT2D eigenvalue weighted by atomic mass is 32.2. The number of hydrogen-bond donors (Lipinski definition) is 1. The monoisotopic (exact) mass is 456 g/mol. The summed E-state index contributed by atoms with van der Waals surface area (Å²) in [6, 6.07) is 8.00. The molecule has 0 bridgehead atoms. The molecule has 0 unspecified atom stereocenters. The lowest BCUT2D eigenvalue weighted by molar-refractivity contribution is -0.134. The van der Waals surface area contributed by atoms with Gasteiger partial charge in [-0.15, -0.1) is 0 Å². The number of aromatic nitrogens is 2. The van der Waals surface area contributed by atoms with Gasteiger partial charge in [-0.25, -0.2) is 4.98 Å². The summed E-state index contributed by atoms with van der Waals surface area (Å²) < 4.78 is 1.95. The third kappa shape index (κ3) is 4.41. The first kappa shape index (κ1) is 23.1. The topological polar surface area (TPSA) is 67.2 Å². The predicted octanol–water partition coefficient (Wildman–Crippen LogP) is 4.48. The third-order valence-corrected chi connectivity index (χ3v) is 8.36. The molecule has 0 saturated heterocycles. The minimum atomic E-state index is -0.930. The van der Waals surface area contributed by atoms with E-state index in [1.165, 1.54) is 6.42 Å². The predicted molar refractivity (Wildman–Crippen MR) is 131 cm³/mol. The second kappa shape index (κ2) is 9.86. The Labute approximate surface area is 195 Å².